The molecule has 1 N–H and O–H groups in total. The highest BCUT2D eigenvalue weighted by Gasteiger charge is 2.58. The molecule has 0 amide bonds. The molecular weight excluding hydrogens is 361 g/mol. The maximum atomic E-state index is 13.9. The van der Waals surface area contributed by atoms with Crippen LogP contribution < -0.4 is 4.90 Å². The van der Waals surface area contributed by atoms with Crippen molar-refractivity contribution in [2.75, 3.05) is 29.7 Å². The van der Waals surface area contributed by atoms with Gasteiger partial charge in [-0.2, -0.15) is 17.6 Å². The molecule has 9 heteroatoms. The van der Waals surface area contributed by atoms with Gasteiger partial charge in [-0.3, -0.25) is 4.79 Å². The van der Waals surface area contributed by atoms with Crippen LogP contribution in [0.3, 0.4) is 0 Å². The third-order valence-corrected chi connectivity index (χ3v) is 3.47. The van der Waals surface area contributed by atoms with Crippen LogP contribution >= 0.6 is 23.2 Å². The van der Waals surface area contributed by atoms with Crippen molar-refractivity contribution in [1.82, 2.24) is 0 Å². The highest BCUT2D eigenvalue weighted by Crippen LogP contribution is 2.45. The van der Waals surface area contributed by atoms with Crippen molar-refractivity contribution < 1.29 is 27.5 Å². The minimum absolute atomic E-state index is 0.283. The van der Waals surface area contributed by atoms with Gasteiger partial charge in [0, 0.05) is 36.1 Å². The zero-order valence-electron chi connectivity index (χ0n) is 11.9. The van der Waals surface area contributed by atoms with Crippen molar-refractivity contribution in [1.29, 1.82) is 0 Å². The van der Waals surface area contributed by atoms with E-state index >= 15 is 0 Å². The van der Waals surface area contributed by atoms with E-state index in [-0.39, 0.29) is 11.8 Å². The van der Waals surface area contributed by atoms with Crippen LogP contribution in [0.4, 0.5) is 23.2 Å². The number of hydrogen-bond acceptors (Lipinski definition) is 2. The molecule has 0 aliphatic carbocycles. The summed E-state index contributed by atoms with van der Waals surface area (Å²) in [6, 6.07) is 4.19. The van der Waals surface area contributed by atoms with Crippen LogP contribution in [0.15, 0.2) is 24.3 Å². The molecule has 1 aromatic rings. The number of hydrogen-bond donors (Lipinski definition) is 1. The van der Waals surface area contributed by atoms with E-state index < -0.39 is 29.8 Å². The monoisotopic (exact) mass is 375 g/mol. The number of anilines is 1. The van der Waals surface area contributed by atoms with Gasteiger partial charge >= 0.3 is 17.8 Å². The van der Waals surface area contributed by atoms with E-state index in [2.05, 4.69) is 0 Å². The number of nitrogens with zero attached hydrogens (tertiary/aromatic N) is 1. The van der Waals surface area contributed by atoms with E-state index in [0.29, 0.717) is 18.8 Å². The lowest BCUT2D eigenvalue weighted by molar-refractivity contribution is -0.222. The van der Waals surface area contributed by atoms with E-state index in [1.807, 2.05) is 0 Å². The first-order valence-electron chi connectivity index (χ1n) is 6.60. The van der Waals surface area contributed by atoms with Gasteiger partial charge in [0.25, 0.3) is 0 Å². The van der Waals surface area contributed by atoms with E-state index in [1.54, 1.807) is 4.90 Å². The average Bonchev–Trinajstić information content (AvgIpc) is 2.45. The summed E-state index contributed by atoms with van der Waals surface area (Å²) in [6.07, 6.45) is -1.95. The first-order chi connectivity index (χ1) is 10.7. The van der Waals surface area contributed by atoms with Gasteiger partial charge in [-0.05, 0) is 12.1 Å². The number of alkyl halides is 6. The van der Waals surface area contributed by atoms with Gasteiger partial charge in [0.15, 0.2) is 0 Å². The molecule has 130 valence electrons. The van der Waals surface area contributed by atoms with Gasteiger partial charge in [-0.25, -0.2) is 0 Å². The Morgan fingerprint density at radius 2 is 1.52 bits per heavy atom. The van der Waals surface area contributed by atoms with Crippen LogP contribution in [0.25, 0.3) is 0 Å². The molecule has 0 bridgehead atoms. The Balaban J connectivity index is 3.04. The molecule has 23 heavy (non-hydrogen) atoms. The zero-order valence-corrected chi connectivity index (χ0v) is 13.4. The summed E-state index contributed by atoms with van der Waals surface area (Å²) >= 11 is 11.3. The van der Waals surface area contributed by atoms with Crippen LogP contribution in [0.5, 0.6) is 0 Å². The van der Waals surface area contributed by atoms with Crippen LogP contribution in [-0.2, 0) is 10.7 Å². The molecule has 0 radical (unpaired) electrons. The Morgan fingerprint density at radius 1 is 1.04 bits per heavy atom. The number of aliphatic carboxylic acids is 1. The number of carboxylic acid groups (broad SMARTS) is 1. The standard InChI is InChI=1S/C14H15Cl2F4NO2/c15-5-7-21(8-6-16)11-3-1-10(2-4-11)14(19,20)13(17,18)9-12(22)23/h1-4H,5-9H2,(H,22,23). The van der Waals surface area contributed by atoms with Gasteiger partial charge in [-0.15, -0.1) is 23.2 Å². The molecule has 0 saturated carbocycles. The van der Waals surface area contributed by atoms with Crippen molar-refractivity contribution >= 4 is 34.9 Å². The van der Waals surface area contributed by atoms with E-state index in [4.69, 9.17) is 28.3 Å². The molecule has 0 aliphatic heterocycles. The minimum Gasteiger partial charge on any atom is -0.481 e. The lowest BCUT2D eigenvalue weighted by Gasteiger charge is -2.27. The SMILES string of the molecule is O=C(O)CC(F)(F)C(F)(F)c1ccc(N(CCCl)CCCl)cc1. The van der Waals surface area contributed by atoms with Gasteiger partial charge in [0.2, 0.25) is 0 Å². The average molecular weight is 376 g/mol. The first-order valence-corrected chi connectivity index (χ1v) is 7.67. The molecule has 1 aromatic carbocycles. The zero-order chi connectivity index (χ0) is 17.7. The Kier molecular flexibility index (Phi) is 6.95. The maximum Gasteiger partial charge on any atom is 0.335 e. The predicted molar refractivity (Wildman–Crippen MR) is 81.2 cm³/mol. The summed E-state index contributed by atoms with van der Waals surface area (Å²) in [6.45, 7) is 0.832. The second-order valence-electron chi connectivity index (χ2n) is 4.76. The highest BCUT2D eigenvalue weighted by molar-refractivity contribution is 6.18. The fraction of sp³-hybridized carbons (Fsp3) is 0.500. The maximum absolute atomic E-state index is 13.9. The smallest absolute Gasteiger partial charge is 0.335 e. The molecule has 0 heterocycles. The van der Waals surface area contributed by atoms with Crippen LogP contribution in [0.2, 0.25) is 0 Å². The fourth-order valence-electron chi connectivity index (χ4n) is 1.97. The molecule has 1 rings (SSSR count). The topological polar surface area (TPSA) is 40.5 Å². The Bertz CT molecular complexity index is 520. The third-order valence-electron chi connectivity index (χ3n) is 3.14. The Morgan fingerprint density at radius 3 is 1.91 bits per heavy atom. The minimum atomic E-state index is -4.69. The van der Waals surface area contributed by atoms with Crippen molar-refractivity contribution in [2.24, 2.45) is 0 Å². The summed E-state index contributed by atoms with van der Waals surface area (Å²) in [5.74, 6) is -10.7. The second-order valence-corrected chi connectivity index (χ2v) is 5.52. The van der Waals surface area contributed by atoms with Crippen molar-refractivity contribution in [3.63, 3.8) is 0 Å². The van der Waals surface area contributed by atoms with Crippen molar-refractivity contribution in [3.8, 4) is 0 Å². The number of benzene rings is 1. The summed E-state index contributed by atoms with van der Waals surface area (Å²) in [5.41, 5.74) is -0.448. The van der Waals surface area contributed by atoms with E-state index in [0.717, 1.165) is 12.1 Å². The molecule has 0 aromatic heterocycles. The predicted octanol–water partition coefficient (Wildman–Crippen LogP) is 4.17. The largest absolute Gasteiger partial charge is 0.481 e. The Labute approximate surface area is 140 Å². The highest BCUT2D eigenvalue weighted by atomic mass is 35.5. The molecule has 0 fully saturated rings. The molecule has 3 nitrogen and oxygen atoms in total. The quantitative estimate of drug-likeness (QED) is 0.520. The molecular formula is C14H15Cl2F4NO2. The Hall–Kier alpha value is -1.21. The lowest BCUT2D eigenvalue weighted by Crippen LogP contribution is -2.40. The summed E-state index contributed by atoms with van der Waals surface area (Å²) in [4.78, 5) is 12.1. The van der Waals surface area contributed by atoms with E-state index in [1.165, 1.54) is 12.1 Å². The normalized spacial score (nSPS) is 12.3. The second kappa shape index (κ2) is 8.06. The summed E-state index contributed by atoms with van der Waals surface area (Å²) in [7, 11) is 0. The number of halogens is 6. The van der Waals surface area contributed by atoms with Gasteiger partial charge < -0.3 is 10.0 Å². The fourth-order valence-corrected chi connectivity index (χ4v) is 2.38. The van der Waals surface area contributed by atoms with Crippen molar-refractivity contribution in [2.45, 2.75) is 18.3 Å². The lowest BCUT2D eigenvalue weighted by atomic mass is 9.99. The van der Waals surface area contributed by atoms with Crippen molar-refractivity contribution in [3.05, 3.63) is 29.8 Å². The van der Waals surface area contributed by atoms with Crippen LogP contribution in [0.1, 0.15) is 12.0 Å². The molecule has 0 unspecified atom stereocenters. The first kappa shape index (κ1) is 19.8. The van der Waals surface area contributed by atoms with E-state index in [9.17, 15) is 22.4 Å². The molecule has 0 saturated heterocycles. The summed E-state index contributed by atoms with van der Waals surface area (Å²) in [5, 5.41) is 8.35. The van der Waals surface area contributed by atoms with Crippen LogP contribution in [0, 0.1) is 0 Å². The van der Waals surface area contributed by atoms with Crippen LogP contribution in [-0.4, -0.2) is 41.8 Å². The number of rotatable bonds is 9. The third kappa shape index (κ3) is 4.88. The van der Waals surface area contributed by atoms with Gasteiger partial charge in [0.1, 0.15) is 6.42 Å². The van der Waals surface area contributed by atoms with Gasteiger partial charge in [-0.1, -0.05) is 12.1 Å². The molecule has 0 spiro atoms. The summed E-state index contributed by atoms with van der Waals surface area (Å²) < 4.78 is 54.6. The molecule has 0 atom stereocenters. The molecule has 0 aliphatic rings. The van der Waals surface area contributed by atoms with Gasteiger partial charge in [0.05, 0.1) is 0 Å². The number of carboxylic acids is 1. The number of carbonyl (C=O) groups is 1.